The number of aromatic nitrogens is 1. The van der Waals surface area contributed by atoms with E-state index in [1.54, 1.807) is 0 Å². The summed E-state index contributed by atoms with van der Waals surface area (Å²) in [6.07, 6.45) is 3.98. The third kappa shape index (κ3) is 4.29. The lowest BCUT2D eigenvalue weighted by molar-refractivity contribution is 0.543. The largest absolute Gasteiger partial charge is 0.368 e. The van der Waals surface area contributed by atoms with Crippen molar-refractivity contribution in [2.75, 3.05) is 23.3 Å². The molecular weight excluding hydrogens is 272 g/mol. The third-order valence-corrected chi connectivity index (χ3v) is 3.66. The van der Waals surface area contributed by atoms with Gasteiger partial charge in [0.1, 0.15) is 0 Å². The molecule has 1 fully saturated rings. The highest BCUT2D eigenvalue weighted by Crippen LogP contribution is 2.33. The molecule has 3 nitrogen and oxygen atoms in total. The van der Waals surface area contributed by atoms with Crippen molar-refractivity contribution < 1.29 is 8.78 Å². The number of hydrogen-bond donors (Lipinski definition) is 1. The van der Waals surface area contributed by atoms with Crippen LogP contribution in [0, 0.1) is 17.6 Å². The normalized spacial score (nSPS) is 14.6. The van der Waals surface area contributed by atoms with Crippen LogP contribution >= 0.6 is 0 Å². The second-order valence-electron chi connectivity index (χ2n) is 6.16. The van der Waals surface area contributed by atoms with E-state index >= 15 is 0 Å². The maximum Gasteiger partial charge on any atom is 0.168 e. The molecule has 0 radical (unpaired) electrons. The molecule has 0 amide bonds. The number of rotatable bonds is 8. The Morgan fingerprint density at radius 2 is 2.05 bits per heavy atom. The standard InChI is InChI=1S/C16H25F2N3/c1-4-8-19-15-13(17)10-14(18)16(20-15)21(12-5-6-12)9-7-11(2)3/h10-12H,4-9H2,1-3H3,(H,19,20). The molecule has 0 saturated heterocycles. The molecule has 2 rings (SSSR count). The van der Waals surface area contributed by atoms with Crippen LogP contribution in [-0.4, -0.2) is 24.1 Å². The first-order valence-corrected chi connectivity index (χ1v) is 7.89. The summed E-state index contributed by atoms with van der Waals surface area (Å²) in [5.74, 6) is -0.191. The van der Waals surface area contributed by atoms with Crippen molar-refractivity contribution in [2.45, 2.75) is 52.5 Å². The van der Waals surface area contributed by atoms with Gasteiger partial charge in [-0.15, -0.1) is 0 Å². The van der Waals surface area contributed by atoms with Crippen molar-refractivity contribution in [1.29, 1.82) is 0 Å². The van der Waals surface area contributed by atoms with Gasteiger partial charge in [0.25, 0.3) is 0 Å². The fraction of sp³-hybridized carbons (Fsp3) is 0.688. The predicted molar refractivity (Wildman–Crippen MR) is 82.8 cm³/mol. The highest BCUT2D eigenvalue weighted by Gasteiger charge is 2.32. The Morgan fingerprint density at radius 3 is 2.62 bits per heavy atom. The molecule has 1 aliphatic carbocycles. The highest BCUT2D eigenvalue weighted by atomic mass is 19.1. The van der Waals surface area contributed by atoms with Crippen molar-refractivity contribution in [3.05, 3.63) is 17.7 Å². The van der Waals surface area contributed by atoms with E-state index in [2.05, 4.69) is 24.1 Å². The van der Waals surface area contributed by atoms with Crippen LogP contribution in [0.3, 0.4) is 0 Å². The van der Waals surface area contributed by atoms with Gasteiger partial charge >= 0.3 is 0 Å². The minimum absolute atomic E-state index is 0.156. The summed E-state index contributed by atoms with van der Waals surface area (Å²) in [4.78, 5) is 6.22. The molecule has 21 heavy (non-hydrogen) atoms. The SMILES string of the molecule is CCCNc1nc(N(CCC(C)C)C2CC2)c(F)cc1F. The average Bonchev–Trinajstić information content (AvgIpc) is 3.24. The minimum atomic E-state index is -0.621. The smallest absolute Gasteiger partial charge is 0.168 e. The van der Waals surface area contributed by atoms with Crippen LogP contribution < -0.4 is 10.2 Å². The number of hydrogen-bond acceptors (Lipinski definition) is 3. The van der Waals surface area contributed by atoms with Crippen LogP contribution in [0.2, 0.25) is 0 Å². The summed E-state index contributed by atoms with van der Waals surface area (Å²) in [5.41, 5.74) is 0. The fourth-order valence-electron chi connectivity index (χ4n) is 2.27. The van der Waals surface area contributed by atoms with Crippen LogP contribution in [0.4, 0.5) is 20.4 Å². The molecule has 1 saturated carbocycles. The molecule has 5 heteroatoms. The van der Waals surface area contributed by atoms with Crippen molar-refractivity contribution in [3.8, 4) is 0 Å². The van der Waals surface area contributed by atoms with Gasteiger partial charge in [-0.25, -0.2) is 13.8 Å². The molecule has 1 aromatic rings. The first kappa shape index (κ1) is 16.0. The topological polar surface area (TPSA) is 28.2 Å². The maximum atomic E-state index is 14.1. The van der Waals surface area contributed by atoms with E-state index in [-0.39, 0.29) is 11.6 Å². The van der Waals surface area contributed by atoms with Crippen LogP contribution in [0.25, 0.3) is 0 Å². The Labute approximate surface area is 125 Å². The van der Waals surface area contributed by atoms with Gasteiger partial charge in [-0.2, -0.15) is 0 Å². The summed E-state index contributed by atoms with van der Waals surface area (Å²) in [6.45, 7) is 7.69. The van der Waals surface area contributed by atoms with Gasteiger partial charge in [0.15, 0.2) is 23.3 Å². The molecule has 0 unspecified atom stereocenters. The number of pyridine rings is 1. The summed E-state index contributed by atoms with van der Waals surface area (Å²) < 4.78 is 27.9. The van der Waals surface area contributed by atoms with Gasteiger partial charge < -0.3 is 10.2 Å². The Balaban J connectivity index is 2.21. The molecule has 0 aliphatic heterocycles. The van der Waals surface area contributed by atoms with Crippen LogP contribution in [-0.2, 0) is 0 Å². The Bertz CT molecular complexity index is 473. The van der Waals surface area contributed by atoms with Crippen molar-refractivity contribution in [2.24, 2.45) is 5.92 Å². The second-order valence-corrected chi connectivity index (χ2v) is 6.16. The minimum Gasteiger partial charge on any atom is -0.368 e. The average molecular weight is 297 g/mol. The first-order chi connectivity index (χ1) is 10.0. The van der Waals surface area contributed by atoms with Crippen molar-refractivity contribution >= 4 is 11.6 Å². The molecule has 0 aromatic carbocycles. The molecular formula is C16H25F2N3. The third-order valence-electron chi connectivity index (χ3n) is 3.66. The molecule has 1 aliphatic rings. The van der Waals surface area contributed by atoms with E-state index in [0.29, 0.717) is 18.5 Å². The summed E-state index contributed by atoms with van der Waals surface area (Å²) in [7, 11) is 0. The van der Waals surface area contributed by atoms with Crippen molar-refractivity contribution in [1.82, 2.24) is 4.98 Å². The number of nitrogens with one attached hydrogen (secondary N) is 1. The molecule has 0 bridgehead atoms. The van der Waals surface area contributed by atoms with E-state index in [9.17, 15) is 8.78 Å². The van der Waals surface area contributed by atoms with Gasteiger partial charge in [0.05, 0.1) is 0 Å². The molecule has 0 atom stereocenters. The van der Waals surface area contributed by atoms with E-state index in [0.717, 1.165) is 38.3 Å². The van der Waals surface area contributed by atoms with Gasteiger partial charge in [-0.1, -0.05) is 20.8 Å². The lowest BCUT2D eigenvalue weighted by Gasteiger charge is -2.25. The summed E-state index contributed by atoms with van der Waals surface area (Å²) in [5, 5.41) is 2.93. The Kier molecular flexibility index (Phi) is 5.37. The second kappa shape index (κ2) is 7.05. The Hall–Kier alpha value is -1.39. The summed E-state index contributed by atoms with van der Waals surface area (Å²) in [6, 6.07) is 1.31. The zero-order chi connectivity index (χ0) is 15.4. The number of nitrogens with zero attached hydrogens (tertiary/aromatic N) is 2. The van der Waals surface area contributed by atoms with Crippen molar-refractivity contribution in [3.63, 3.8) is 0 Å². The van der Waals surface area contributed by atoms with Gasteiger partial charge in [-0.05, 0) is 31.6 Å². The van der Waals surface area contributed by atoms with Gasteiger partial charge in [-0.3, -0.25) is 0 Å². The van der Waals surface area contributed by atoms with E-state index < -0.39 is 11.6 Å². The van der Waals surface area contributed by atoms with Crippen LogP contribution in [0.15, 0.2) is 6.07 Å². The lowest BCUT2D eigenvalue weighted by Crippen LogP contribution is -2.30. The molecule has 1 aromatic heterocycles. The number of halogens is 2. The summed E-state index contributed by atoms with van der Waals surface area (Å²) >= 11 is 0. The monoisotopic (exact) mass is 297 g/mol. The van der Waals surface area contributed by atoms with Gasteiger partial charge in [0.2, 0.25) is 0 Å². The predicted octanol–water partition coefficient (Wildman–Crippen LogP) is 4.20. The van der Waals surface area contributed by atoms with E-state index in [1.165, 1.54) is 0 Å². The quantitative estimate of drug-likeness (QED) is 0.779. The number of anilines is 2. The molecule has 1 N–H and O–H groups in total. The molecule has 118 valence electrons. The van der Waals surface area contributed by atoms with Crippen LogP contribution in [0.1, 0.15) is 46.5 Å². The highest BCUT2D eigenvalue weighted by molar-refractivity contribution is 5.50. The van der Waals surface area contributed by atoms with Crippen LogP contribution in [0.5, 0.6) is 0 Å². The Morgan fingerprint density at radius 1 is 1.33 bits per heavy atom. The van der Waals surface area contributed by atoms with E-state index in [4.69, 9.17) is 0 Å². The first-order valence-electron chi connectivity index (χ1n) is 7.89. The molecule has 0 spiro atoms. The van der Waals surface area contributed by atoms with Gasteiger partial charge in [0, 0.05) is 25.2 Å². The zero-order valence-corrected chi connectivity index (χ0v) is 13.1. The van der Waals surface area contributed by atoms with E-state index in [1.807, 2.05) is 11.8 Å². The lowest BCUT2D eigenvalue weighted by atomic mass is 10.1. The fourth-order valence-corrected chi connectivity index (χ4v) is 2.27. The maximum absolute atomic E-state index is 14.1. The zero-order valence-electron chi connectivity index (χ0n) is 13.1. The molecule has 1 heterocycles.